The zero-order valence-electron chi connectivity index (χ0n) is 15.1. The Bertz CT molecular complexity index is 594. The molecule has 0 aliphatic heterocycles. The first-order chi connectivity index (χ1) is 10.8. The van der Waals surface area contributed by atoms with Crippen LogP contribution in [0.4, 0.5) is 0 Å². The molecule has 0 heterocycles. The van der Waals surface area contributed by atoms with Crippen LogP contribution in [0.15, 0.2) is 54.1 Å². The molecule has 0 bridgehead atoms. The van der Waals surface area contributed by atoms with E-state index in [1.165, 1.54) is 16.8 Å². The van der Waals surface area contributed by atoms with Crippen molar-refractivity contribution in [2.75, 3.05) is 0 Å². The summed E-state index contributed by atoms with van der Waals surface area (Å²) in [6.07, 6.45) is 10.9. The van der Waals surface area contributed by atoms with Crippen molar-refractivity contribution >= 4 is 19.0 Å². The quantitative estimate of drug-likeness (QED) is 0.380. The maximum atomic E-state index is 11.8. The summed E-state index contributed by atoms with van der Waals surface area (Å²) in [4.78, 5) is 11.8. The lowest BCUT2D eigenvalue weighted by atomic mass is 9.88. The predicted molar refractivity (Wildman–Crippen MR) is 103 cm³/mol. The van der Waals surface area contributed by atoms with Crippen molar-refractivity contribution in [3.05, 3.63) is 54.1 Å². The molecule has 0 radical (unpaired) electrons. The van der Waals surface area contributed by atoms with E-state index < -0.39 is 8.07 Å². The maximum Gasteiger partial charge on any atom is 0.161 e. The number of carbonyl (C=O) groups is 1. The van der Waals surface area contributed by atoms with Crippen LogP contribution in [0, 0.1) is 5.41 Å². The van der Waals surface area contributed by atoms with Crippen LogP contribution < -0.4 is 5.19 Å². The Hall–Kier alpha value is -1.41. The van der Waals surface area contributed by atoms with Crippen LogP contribution in [-0.2, 0) is 4.79 Å². The molecule has 0 saturated heterocycles. The molecule has 124 valence electrons. The Labute approximate surface area is 142 Å². The van der Waals surface area contributed by atoms with Crippen molar-refractivity contribution in [1.29, 1.82) is 0 Å². The molecule has 23 heavy (non-hydrogen) atoms. The van der Waals surface area contributed by atoms with Gasteiger partial charge >= 0.3 is 0 Å². The third kappa shape index (κ3) is 5.03. The minimum absolute atomic E-state index is 0.156. The number of unbranched alkanes of at least 4 members (excludes halogenated alkanes) is 1. The molecule has 1 aromatic carbocycles. The standard InChI is InChI=1S/C21H30OSi/c1-21(2)17-18(16-20(21)22)12-8-5-6-11-15-23(3,4)19-13-9-7-10-14-19/h6-7,9-11,13-14,16H,5,8,12,15,17H2,1-4H3/b11-6-. The van der Waals surface area contributed by atoms with E-state index in [0.717, 1.165) is 25.7 Å². The summed E-state index contributed by atoms with van der Waals surface area (Å²) in [6, 6.07) is 12.1. The summed E-state index contributed by atoms with van der Waals surface area (Å²) in [7, 11) is -1.34. The molecule has 0 saturated carbocycles. The highest BCUT2D eigenvalue weighted by Gasteiger charge is 2.32. The molecule has 0 spiro atoms. The predicted octanol–water partition coefficient (Wildman–Crippen LogP) is 5.25. The third-order valence-corrected chi connectivity index (χ3v) is 8.04. The summed E-state index contributed by atoms with van der Waals surface area (Å²) in [5.74, 6) is 0.304. The molecule has 0 fully saturated rings. The molecule has 1 nitrogen and oxygen atoms in total. The Kier molecular flexibility index (Phi) is 5.80. The number of carbonyl (C=O) groups excluding carboxylic acids is 1. The largest absolute Gasteiger partial charge is 0.294 e. The average Bonchev–Trinajstić information content (AvgIpc) is 2.76. The molecule has 2 rings (SSSR count). The van der Waals surface area contributed by atoms with E-state index in [9.17, 15) is 4.79 Å². The average molecular weight is 327 g/mol. The van der Waals surface area contributed by atoms with Crippen molar-refractivity contribution in [2.45, 2.75) is 58.7 Å². The van der Waals surface area contributed by atoms with E-state index in [4.69, 9.17) is 0 Å². The highest BCUT2D eigenvalue weighted by molar-refractivity contribution is 6.90. The lowest BCUT2D eigenvalue weighted by molar-refractivity contribution is -0.121. The van der Waals surface area contributed by atoms with Gasteiger partial charge in [-0.25, -0.2) is 0 Å². The van der Waals surface area contributed by atoms with Gasteiger partial charge in [0.2, 0.25) is 0 Å². The van der Waals surface area contributed by atoms with E-state index >= 15 is 0 Å². The lowest BCUT2D eigenvalue weighted by Crippen LogP contribution is -2.40. The van der Waals surface area contributed by atoms with Crippen LogP contribution in [0.1, 0.15) is 39.5 Å². The van der Waals surface area contributed by atoms with E-state index in [1.807, 2.05) is 6.08 Å². The van der Waals surface area contributed by atoms with Crippen LogP contribution in [-0.4, -0.2) is 13.9 Å². The molecule has 0 aromatic heterocycles. The van der Waals surface area contributed by atoms with Crippen LogP contribution in [0.3, 0.4) is 0 Å². The van der Waals surface area contributed by atoms with E-state index in [0.29, 0.717) is 5.78 Å². The van der Waals surface area contributed by atoms with Gasteiger partial charge < -0.3 is 0 Å². The summed E-state index contributed by atoms with van der Waals surface area (Å²) < 4.78 is 0. The first-order valence-electron chi connectivity index (χ1n) is 8.76. The maximum absolute atomic E-state index is 11.8. The SMILES string of the molecule is CC1(C)CC(CCC/C=C\C[Si](C)(C)c2ccccc2)=CC1=O. The molecular weight excluding hydrogens is 296 g/mol. The summed E-state index contributed by atoms with van der Waals surface area (Å²) in [5.41, 5.74) is 1.18. The number of ketones is 1. The normalized spacial score (nSPS) is 17.7. The fraction of sp³-hybridized carbons (Fsp3) is 0.476. The Balaban J connectivity index is 1.72. The zero-order chi connectivity index (χ0) is 16.9. The van der Waals surface area contributed by atoms with Gasteiger partial charge in [0.15, 0.2) is 5.78 Å². The summed E-state index contributed by atoms with van der Waals surface area (Å²) in [6.45, 7) is 8.97. The van der Waals surface area contributed by atoms with Gasteiger partial charge in [0, 0.05) is 5.41 Å². The molecule has 1 aromatic rings. The smallest absolute Gasteiger partial charge is 0.161 e. The van der Waals surface area contributed by atoms with Gasteiger partial charge in [0.1, 0.15) is 0 Å². The van der Waals surface area contributed by atoms with Gasteiger partial charge in [-0.3, -0.25) is 4.79 Å². The van der Waals surface area contributed by atoms with Gasteiger partial charge in [-0.15, -0.1) is 0 Å². The van der Waals surface area contributed by atoms with Crippen molar-refractivity contribution in [3.63, 3.8) is 0 Å². The Morgan fingerprint density at radius 3 is 2.43 bits per heavy atom. The van der Waals surface area contributed by atoms with E-state index in [1.54, 1.807) is 0 Å². The first kappa shape index (κ1) is 17.9. The lowest BCUT2D eigenvalue weighted by Gasteiger charge is -2.20. The Morgan fingerprint density at radius 2 is 1.83 bits per heavy atom. The van der Waals surface area contributed by atoms with Gasteiger partial charge in [-0.05, 0) is 37.8 Å². The fourth-order valence-corrected chi connectivity index (χ4v) is 5.28. The molecule has 1 aliphatic rings. The second-order valence-corrected chi connectivity index (χ2v) is 12.8. The van der Waals surface area contributed by atoms with Crippen LogP contribution in [0.25, 0.3) is 0 Å². The molecule has 0 amide bonds. The molecule has 1 aliphatic carbocycles. The number of hydrogen-bond donors (Lipinski definition) is 0. The molecule has 0 unspecified atom stereocenters. The van der Waals surface area contributed by atoms with Gasteiger partial charge in [0.05, 0.1) is 8.07 Å². The molecule has 0 atom stereocenters. The molecule has 2 heteroatoms. The summed E-state index contributed by atoms with van der Waals surface area (Å²) in [5, 5.41) is 1.53. The topological polar surface area (TPSA) is 17.1 Å². The second kappa shape index (κ2) is 7.44. The number of allylic oxidation sites excluding steroid dienone is 4. The van der Waals surface area contributed by atoms with Gasteiger partial charge in [0.25, 0.3) is 0 Å². The minimum Gasteiger partial charge on any atom is -0.294 e. The first-order valence-corrected chi connectivity index (χ1v) is 12.0. The van der Waals surface area contributed by atoms with E-state index in [2.05, 4.69) is 69.4 Å². The van der Waals surface area contributed by atoms with Crippen LogP contribution in [0.5, 0.6) is 0 Å². The van der Waals surface area contributed by atoms with Crippen molar-refractivity contribution in [1.82, 2.24) is 0 Å². The third-order valence-electron chi connectivity index (χ3n) is 4.89. The number of benzene rings is 1. The monoisotopic (exact) mass is 326 g/mol. The molecular formula is C21H30OSi. The second-order valence-electron chi connectivity index (χ2n) is 8.05. The Morgan fingerprint density at radius 1 is 1.13 bits per heavy atom. The van der Waals surface area contributed by atoms with Crippen LogP contribution in [0.2, 0.25) is 19.1 Å². The van der Waals surface area contributed by atoms with Gasteiger partial charge in [-0.2, -0.15) is 0 Å². The highest BCUT2D eigenvalue weighted by atomic mass is 28.3. The van der Waals surface area contributed by atoms with Crippen molar-refractivity contribution < 1.29 is 4.79 Å². The van der Waals surface area contributed by atoms with Crippen molar-refractivity contribution in [3.8, 4) is 0 Å². The van der Waals surface area contributed by atoms with Gasteiger partial charge in [-0.1, -0.05) is 80.2 Å². The highest BCUT2D eigenvalue weighted by Crippen LogP contribution is 2.35. The number of rotatable bonds is 7. The fourth-order valence-electron chi connectivity index (χ4n) is 3.20. The minimum atomic E-state index is -1.34. The van der Waals surface area contributed by atoms with Crippen LogP contribution >= 0.6 is 0 Å². The van der Waals surface area contributed by atoms with Crippen molar-refractivity contribution in [2.24, 2.45) is 5.41 Å². The zero-order valence-corrected chi connectivity index (χ0v) is 16.1. The molecule has 0 N–H and O–H groups in total. The van der Waals surface area contributed by atoms with E-state index in [-0.39, 0.29) is 5.41 Å². The summed E-state index contributed by atoms with van der Waals surface area (Å²) >= 11 is 0. The number of hydrogen-bond acceptors (Lipinski definition) is 1.